The molecule has 0 amide bonds. The fourth-order valence-electron chi connectivity index (χ4n) is 4.03. The highest BCUT2D eigenvalue weighted by Gasteiger charge is 2.32. The number of rotatable bonds is 6. The van der Waals surface area contributed by atoms with Crippen molar-refractivity contribution in [2.75, 3.05) is 0 Å². The molecular weight excluding hydrogens is 424 g/mol. The van der Waals surface area contributed by atoms with E-state index >= 15 is 0 Å². The van der Waals surface area contributed by atoms with Gasteiger partial charge in [-0.1, -0.05) is 84.6 Å². The second-order valence-corrected chi connectivity index (χ2v) is 11.7. The van der Waals surface area contributed by atoms with Crippen LogP contribution in [0.15, 0.2) is 175 Å². The van der Waals surface area contributed by atoms with Crippen molar-refractivity contribution in [2.45, 2.75) is 29.4 Å². The maximum absolute atomic E-state index is 2.33. The molecule has 32 heavy (non-hydrogen) atoms. The smallest absolute Gasteiger partial charge is 0.0123 e. The zero-order valence-corrected chi connectivity index (χ0v) is 19.3. The standard InChI is InChI=1S/C30H24S2/c1-5-13-25(14-6-1)31-26-21-23-30(24-22-26)32(27-15-7-2-8-16-27,28-17-9-3-10-18-28)29-19-11-4-12-20-29/h1-24H. The Morgan fingerprint density at radius 2 is 0.625 bits per heavy atom. The van der Waals surface area contributed by atoms with Gasteiger partial charge in [0.1, 0.15) is 0 Å². The average molecular weight is 449 g/mol. The van der Waals surface area contributed by atoms with Crippen LogP contribution in [0.4, 0.5) is 0 Å². The number of hydrogen-bond acceptors (Lipinski definition) is 1. The zero-order valence-electron chi connectivity index (χ0n) is 17.7. The van der Waals surface area contributed by atoms with Crippen molar-refractivity contribution in [1.29, 1.82) is 0 Å². The molecule has 5 rings (SSSR count). The van der Waals surface area contributed by atoms with E-state index < -0.39 is 10.0 Å². The van der Waals surface area contributed by atoms with Crippen LogP contribution in [-0.4, -0.2) is 0 Å². The van der Waals surface area contributed by atoms with E-state index in [9.17, 15) is 0 Å². The maximum atomic E-state index is 2.33. The van der Waals surface area contributed by atoms with E-state index in [0.29, 0.717) is 0 Å². The van der Waals surface area contributed by atoms with Gasteiger partial charge in [-0.2, -0.15) is 0 Å². The maximum Gasteiger partial charge on any atom is 0.0123 e. The number of hydrogen-bond donors (Lipinski definition) is 0. The third-order valence-electron chi connectivity index (χ3n) is 5.45. The molecule has 0 N–H and O–H groups in total. The second-order valence-electron chi connectivity index (χ2n) is 7.44. The fourth-order valence-corrected chi connectivity index (χ4v) is 8.74. The van der Waals surface area contributed by atoms with Crippen LogP contribution in [0.3, 0.4) is 0 Å². The van der Waals surface area contributed by atoms with Crippen molar-refractivity contribution in [3.05, 3.63) is 146 Å². The molecule has 0 atom stereocenters. The van der Waals surface area contributed by atoms with Crippen LogP contribution in [0.5, 0.6) is 0 Å². The van der Waals surface area contributed by atoms with Crippen LogP contribution < -0.4 is 0 Å². The Morgan fingerprint density at radius 3 is 1.03 bits per heavy atom. The summed E-state index contributed by atoms with van der Waals surface area (Å²) in [5.41, 5.74) is 0. The van der Waals surface area contributed by atoms with E-state index in [1.807, 2.05) is 0 Å². The van der Waals surface area contributed by atoms with Gasteiger partial charge in [-0.25, -0.2) is 0 Å². The summed E-state index contributed by atoms with van der Waals surface area (Å²) in [6.45, 7) is 0. The SMILES string of the molecule is c1ccc(Sc2ccc(S(c3ccccc3)(c3ccccc3)c3ccccc3)cc2)cc1. The lowest BCUT2D eigenvalue weighted by Gasteiger charge is -2.42. The first-order valence-electron chi connectivity index (χ1n) is 10.7. The summed E-state index contributed by atoms with van der Waals surface area (Å²) < 4.78 is 0. The van der Waals surface area contributed by atoms with Gasteiger partial charge in [-0.3, -0.25) is 0 Å². The molecule has 0 aliphatic carbocycles. The molecule has 5 aromatic carbocycles. The highest BCUT2D eigenvalue weighted by molar-refractivity contribution is 8.34. The van der Waals surface area contributed by atoms with Gasteiger partial charge in [0.2, 0.25) is 0 Å². The minimum Gasteiger partial charge on any atom is -0.133 e. The van der Waals surface area contributed by atoms with Gasteiger partial charge in [0.05, 0.1) is 0 Å². The number of benzene rings is 5. The van der Waals surface area contributed by atoms with Crippen molar-refractivity contribution in [2.24, 2.45) is 0 Å². The Balaban J connectivity index is 1.70. The third-order valence-corrected chi connectivity index (χ3v) is 10.4. The molecule has 0 bridgehead atoms. The van der Waals surface area contributed by atoms with Crippen LogP contribution in [-0.2, 0) is 0 Å². The van der Waals surface area contributed by atoms with E-state index in [1.165, 1.54) is 29.4 Å². The van der Waals surface area contributed by atoms with Gasteiger partial charge >= 0.3 is 0 Å². The molecule has 0 saturated carbocycles. The summed E-state index contributed by atoms with van der Waals surface area (Å²) in [5, 5.41) is 0. The first kappa shape index (κ1) is 20.7. The molecule has 0 unspecified atom stereocenters. The van der Waals surface area contributed by atoms with Crippen LogP contribution in [0, 0.1) is 0 Å². The molecule has 0 aromatic heterocycles. The molecule has 0 spiro atoms. The molecule has 0 fully saturated rings. The van der Waals surface area contributed by atoms with Crippen LogP contribution in [0.25, 0.3) is 0 Å². The summed E-state index contributed by atoms with van der Waals surface area (Å²) in [5.74, 6) is 0. The molecular formula is C30H24S2. The monoisotopic (exact) mass is 448 g/mol. The van der Waals surface area contributed by atoms with Crippen molar-refractivity contribution in [3.63, 3.8) is 0 Å². The Labute approximate surface area is 196 Å². The summed E-state index contributed by atoms with van der Waals surface area (Å²) >= 11 is 1.80. The summed E-state index contributed by atoms with van der Waals surface area (Å²) in [4.78, 5) is 7.90. The van der Waals surface area contributed by atoms with E-state index in [2.05, 4.69) is 146 Å². The van der Waals surface area contributed by atoms with E-state index in [4.69, 9.17) is 0 Å². The van der Waals surface area contributed by atoms with Crippen molar-refractivity contribution < 1.29 is 0 Å². The Morgan fingerprint density at radius 1 is 0.312 bits per heavy atom. The fraction of sp³-hybridized carbons (Fsp3) is 0. The summed E-state index contributed by atoms with van der Waals surface area (Å²) in [6.07, 6.45) is 0. The Hall–Kier alpha value is -3.20. The molecule has 0 saturated heterocycles. The molecule has 0 heterocycles. The van der Waals surface area contributed by atoms with Gasteiger partial charge in [0, 0.05) is 29.4 Å². The van der Waals surface area contributed by atoms with Crippen molar-refractivity contribution in [3.8, 4) is 0 Å². The van der Waals surface area contributed by atoms with Crippen LogP contribution in [0.2, 0.25) is 0 Å². The van der Waals surface area contributed by atoms with Gasteiger partial charge in [-0.15, -0.1) is 10.0 Å². The molecule has 5 aromatic rings. The predicted molar refractivity (Wildman–Crippen MR) is 137 cm³/mol. The zero-order chi connectivity index (χ0) is 21.6. The van der Waals surface area contributed by atoms with E-state index in [1.54, 1.807) is 11.8 Å². The normalized spacial score (nSPS) is 11.8. The van der Waals surface area contributed by atoms with Gasteiger partial charge in [0.25, 0.3) is 0 Å². The van der Waals surface area contributed by atoms with Crippen molar-refractivity contribution >= 4 is 21.8 Å². The highest BCUT2D eigenvalue weighted by Crippen LogP contribution is 2.73. The van der Waals surface area contributed by atoms with Gasteiger partial charge in [-0.05, 0) is 72.8 Å². The first-order chi connectivity index (χ1) is 15.9. The Kier molecular flexibility index (Phi) is 6.15. The van der Waals surface area contributed by atoms with Gasteiger partial charge < -0.3 is 0 Å². The third kappa shape index (κ3) is 4.00. The summed E-state index contributed by atoms with van der Waals surface area (Å²) in [6, 6.07) is 52.7. The minimum absolute atomic E-state index is 1.25. The molecule has 0 radical (unpaired) electrons. The van der Waals surface area contributed by atoms with Gasteiger partial charge in [0.15, 0.2) is 0 Å². The average Bonchev–Trinajstić information content (AvgIpc) is 2.88. The minimum atomic E-state index is -1.61. The topological polar surface area (TPSA) is 0 Å². The predicted octanol–water partition coefficient (Wildman–Crippen LogP) is 9.18. The van der Waals surface area contributed by atoms with E-state index in [0.717, 1.165) is 0 Å². The van der Waals surface area contributed by atoms with E-state index in [-0.39, 0.29) is 0 Å². The van der Waals surface area contributed by atoms with Crippen molar-refractivity contribution in [1.82, 2.24) is 0 Å². The summed E-state index contributed by atoms with van der Waals surface area (Å²) in [7, 11) is -1.61. The largest absolute Gasteiger partial charge is 0.133 e. The lowest BCUT2D eigenvalue weighted by molar-refractivity contribution is 1.23. The molecule has 0 aliphatic heterocycles. The quantitative estimate of drug-likeness (QED) is 0.249. The highest BCUT2D eigenvalue weighted by atomic mass is 32.3. The molecule has 0 aliphatic rings. The lowest BCUT2D eigenvalue weighted by Crippen LogP contribution is -2.04. The molecule has 156 valence electrons. The Bertz CT molecular complexity index is 1150. The lowest BCUT2D eigenvalue weighted by atomic mass is 10.3. The molecule has 2 heteroatoms. The second kappa shape index (κ2) is 9.52. The first-order valence-corrected chi connectivity index (χ1v) is 13.1. The van der Waals surface area contributed by atoms with Crippen LogP contribution >= 0.6 is 21.8 Å². The molecule has 0 nitrogen and oxygen atoms in total. The van der Waals surface area contributed by atoms with Crippen LogP contribution in [0.1, 0.15) is 0 Å².